The molecule has 0 aliphatic carbocycles. The predicted molar refractivity (Wildman–Crippen MR) is 162 cm³/mol. The van der Waals surface area contributed by atoms with Gasteiger partial charge in [0.15, 0.2) is 5.65 Å². The van der Waals surface area contributed by atoms with Gasteiger partial charge >= 0.3 is 0 Å². The maximum absolute atomic E-state index is 15.5. The Morgan fingerprint density at radius 1 is 1.23 bits per heavy atom. The van der Waals surface area contributed by atoms with Crippen LogP contribution in [0.5, 0.6) is 11.5 Å². The van der Waals surface area contributed by atoms with Crippen LogP contribution in [0.3, 0.4) is 0 Å². The maximum atomic E-state index is 15.5. The quantitative estimate of drug-likeness (QED) is 0.189. The molecule has 2 aromatic carbocycles. The number of likely N-dealkylation sites (N-methyl/N-ethyl adjacent to an activating group) is 1. The standard InChI is InChI=1S/C32H35FN8O2/c1-3-4-15-39(2)17-14-22(19-34)32(42)40-16-8-9-23(40)20-41-31-28(30(35)36-21-37-31)29(38-41)26-13-12-25(18-27(26)33)43-24-10-6-5-7-11-24/h5-7,10-14,18,21,23H,3-4,8-9,15-17,20H2,1-2H3,(H2,35,36,37)/b22-14+/t23-/m0/s1. The van der Waals surface area contributed by atoms with Crippen molar-refractivity contribution in [2.45, 2.75) is 45.2 Å². The molecule has 10 nitrogen and oxygen atoms in total. The van der Waals surface area contributed by atoms with Gasteiger partial charge in [-0.1, -0.05) is 31.5 Å². The molecule has 1 aliphatic heterocycles. The number of nitrogens with zero attached hydrogens (tertiary/aromatic N) is 7. The van der Waals surface area contributed by atoms with E-state index in [-0.39, 0.29) is 28.9 Å². The molecule has 0 bridgehead atoms. The van der Waals surface area contributed by atoms with Crippen molar-refractivity contribution in [3.63, 3.8) is 0 Å². The molecule has 1 fully saturated rings. The Morgan fingerprint density at radius 2 is 2.05 bits per heavy atom. The Balaban J connectivity index is 1.40. The molecule has 11 heteroatoms. The number of ether oxygens (including phenoxy) is 1. The van der Waals surface area contributed by atoms with Gasteiger partial charge in [-0.2, -0.15) is 10.4 Å². The van der Waals surface area contributed by atoms with Crippen LogP contribution < -0.4 is 10.5 Å². The zero-order valence-corrected chi connectivity index (χ0v) is 24.4. The second-order valence-electron chi connectivity index (χ2n) is 10.7. The number of anilines is 1. The third kappa shape index (κ3) is 6.65. The number of rotatable bonds is 11. The smallest absolute Gasteiger partial charge is 0.264 e. The summed E-state index contributed by atoms with van der Waals surface area (Å²) in [4.78, 5) is 25.8. The van der Waals surface area contributed by atoms with Crippen LogP contribution >= 0.6 is 0 Å². The third-order valence-electron chi connectivity index (χ3n) is 7.61. The summed E-state index contributed by atoms with van der Waals surface area (Å²) in [5, 5.41) is 14.9. The molecule has 1 aliphatic rings. The molecule has 0 saturated carbocycles. The number of halogens is 1. The first-order valence-corrected chi connectivity index (χ1v) is 14.5. The number of para-hydroxylation sites is 1. The van der Waals surface area contributed by atoms with Crippen LogP contribution in [-0.4, -0.2) is 68.2 Å². The zero-order valence-electron chi connectivity index (χ0n) is 24.4. The number of unbranched alkanes of at least 4 members (excludes halogenated alkanes) is 1. The molecular weight excluding hydrogens is 547 g/mol. The lowest BCUT2D eigenvalue weighted by Gasteiger charge is -2.24. The van der Waals surface area contributed by atoms with Gasteiger partial charge in [0.2, 0.25) is 0 Å². The van der Waals surface area contributed by atoms with E-state index < -0.39 is 5.82 Å². The van der Waals surface area contributed by atoms with Gasteiger partial charge in [-0.15, -0.1) is 0 Å². The Morgan fingerprint density at radius 3 is 2.79 bits per heavy atom. The van der Waals surface area contributed by atoms with E-state index in [1.54, 1.807) is 39.9 Å². The highest BCUT2D eigenvalue weighted by atomic mass is 19.1. The number of carbonyl (C=O) groups is 1. The second-order valence-corrected chi connectivity index (χ2v) is 10.7. The summed E-state index contributed by atoms with van der Waals surface area (Å²) < 4.78 is 22.9. The van der Waals surface area contributed by atoms with Gasteiger partial charge in [-0.25, -0.2) is 19.0 Å². The largest absolute Gasteiger partial charge is 0.457 e. The van der Waals surface area contributed by atoms with Crippen LogP contribution in [0, 0.1) is 17.1 Å². The van der Waals surface area contributed by atoms with Gasteiger partial charge in [0.05, 0.1) is 18.0 Å². The molecular formula is C32H35FN8O2. The Kier molecular flexibility index (Phi) is 9.27. The fraction of sp³-hybridized carbons (Fsp3) is 0.344. The minimum atomic E-state index is -0.534. The molecule has 1 saturated heterocycles. The fourth-order valence-corrected chi connectivity index (χ4v) is 5.32. The first-order chi connectivity index (χ1) is 20.9. The molecule has 2 N–H and O–H groups in total. The number of fused-ring (bicyclic) bond motifs is 1. The summed E-state index contributed by atoms with van der Waals surface area (Å²) in [6, 6.07) is 15.6. The number of aromatic nitrogens is 4. The molecule has 222 valence electrons. The Hall–Kier alpha value is -4.82. The van der Waals surface area contributed by atoms with Crippen molar-refractivity contribution in [1.29, 1.82) is 5.26 Å². The number of benzene rings is 2. The van der Waals surface area contributed by atoms with Gasteiger partial charge < -0.3 is 20.3 Å². The minimum absolute atomic E-state index is 0.132. The molecule has 43 heavy (non-hydrogen) atoms. The van der Waals surface area contributed by atoms with Crippen molar-refractivity contribution in [3.8, 4) is 28.8 Å². The van der Waals surface area contributed by atoms with E-state index in [0.29, 0.717) is 47.9 Å². The van der Waals surface area contributed by atoms with E-state index in [9.17, 15) is 10.1 Å². The first kappa shape index (κ1) is 29.7. The molecule has 1 amide bonds. The van der Waals surface area contributed by atoms with Crippen LogP contribution in [0.15, 0.2) is 66.5 Å². The highest BCUT2D eigenvalue weighted by molar-refractivity contribution is 5.99. The van der Waals surface area contributed by atoms with Crippen molar-refractivity contribution in [1.82, 2.24) is 29.5 Å². The van der Waals surface area contributed by atoms with Crippen LogP contribution in [0.25, 0.3) is 22.3 Å². The topological polar surface area (TPSA) is 126 Å². The second kappa shape index (κ2) is 13.4. The summed E-state index contributed by atoms with van der Waals surface area (Å²) in [7, 11) is 1.98. The number of hydrogen-bond donors (Lipinski definition) is 1. The van der Waals surface area contributed by atoms with Gasteiger partial charge in [-0.05, 0) is 63.2 Å². The summed E-state index contributed by atoms with van der Waals surface area (Å²) >= 11 is 0. The van der Waals surface area contributed by atoms with Gasteiger partial charge in [0.25, 0.3) is 5.91 Å². The number of hydrogen-bond acceptors (Lipinski definition) is 8. The van der Waals surface area contributed by atoms with Crippen LogP contribution in [0.1, 0.15) is 32.6 Å². The average Bonchev–Trinajstić information content (AvgIpc) is 3.62. The number of nitrogen functional groups attached to an aromatic ring is 1. The number of nitrogens with two attached hydrogens (primary N) is 1. The number of nitriles is 1. The highest BCUT2D eigenvalue weighted by Crippen LogP contribution is 2.35. The summed E-state index contributed by atoms with van der Waals surface area (Å²) in [5.74, 6) is 0.291. The number of likely N-dealkylation sites (tertiary alicyclic amines) is 1. The van der Waals surface area contributed by atoms with Crippen LogP contribution in [-0.2, 0) is 11.3 Å². The van der Waals surface area contributed by atoms with E-state index >= 15 is 4.39 Å². The molecule has 0 spiro atoms. The van der Waals surface area contributed by atoms with Crippen molar-refractivity contribution in [2.75, 3.05) is 32.4 Å². The van der Waals surface area contributed by atoms with Crippen LogP contribution in [0.2, 0.25) is 0 Å². The normalized spacial score (nSPS) is 15.3. The molecule has 2 aromatic heterocycles. The lowest BCUT2D eigenvalue weighted by atomic mass is 10.1. The lowest BCUT2D eigenvalue weighted by Crippen LogP contribution is -2.39. The van der Waals surface area contributed by atoms with Crippen molar-refractivity contribution >= 4 is 22.8 Å². The Bertz CT molecular complexity index is 1660. The monoisotopic (exact) mass is 582 g/mol. The van der Waals surface area contributed by atoms with E-state index in [2.05, 4.69) is 27.9 Å². The predicted octanol–water partition coefficient (Wildman–Crippen LogP) is 5.18. The molecule has 0 radical (unpaired) electrons. The molecule has 1 atom stereocenters. The zero-order chi connectivity index (χ0) is 30.3. The van der Waals surface area contributed by atoms with Crippen molar-refractivity contribution in [3.05, 3.63) is 72.3 Å². The average molecular weight is 583 g/mol. The number of amides is 1. The van der Waals surface area contributed by atoms with Gasteiger partial charge in [-0.3, -0.25) is 4.79 Å². The molecule has 5 rings (SSSR count). The van der Waals surface area contributed by atoms with E-state index in [1.165, 1.54) is 12.4 Å². The molecule has 4 aromatic rings. The highest BCUT2D eigenvalue weighted by Gasteiger charge is 2.32. The fourth-order valence-electron chi connectivity index (χ4n) is 5.32. The summed E-state index contributed by atoms with van der Waals surface area (Å²) in [6.45, 7) is 4.40. The maximum Gasteiger partial charge on any atom is 0.264 e. The van der Waals surface area contributed by atoms with E-state index in [0.717, 1.165) is 32.2 Å². The van der Waals surface area contributed by atoms with E-state index in [1.807, 2.05) is 25.2 Å². The summed E-state index contributed by atoms with van der Waals surface area (Å²) in [6.07, 6.45) is 6.71. The van der Waals surface area contributed by atoms with Crippen molar-refractivity contribution in [2.24, 2.45) is 0 Å². The molecule has 0 unspecified atom stereocenters. The SMILES string of the molecule is CCCCN(C)C/C=C(\C#N)C(=O)N1CCC[C@H]1Cn1nc(-c2ccc(Oc3ccccc3)cc2F)c2c(N)ncnc21. The van der Waals surface area contributed by atoms with E-state index in [4.69, 9.17) is 15.6 Å². The third-order valence-corrected chi connectivity index (χ3v) is 7.61. The van der Waals surface area contributed by atoms with Crippen LogP contribution in [0.4, 0.5) is 10.2 Å². The van der Waals surface area contributed by atoms with Gasteiger partial charge in [0, 0.05) is 24.7 Å². The first-order valence-electron chi connectivity index (χ1n) is 14.5. The number of carbonyl (C=O) groups excluding carboxylic acids is 1. The summed E-state index contributed by atoms with van der Waals surface area (Å²) in [5.41, 5.74) is 7.37. The molecule has 3 heterocycles. The van der Waals surface area contributed by atoms with Crippen molar-refractivity contribution < 1.29 is 13.9 Å². The van der Waals surface area contributed by atoms with Gasteiger partial charge in [0.1, 0.15) is 46.8 Å². The minimum Gasteiger partial charge on any atom is -0.457 e. The Labute approximate surface area is 250 Å². The lowest BCUT2D eigenvalue weighted by molar-refractivity contribution is -0.127.